The van der Waals surface area contributed by atoms with E-state index in [9.17, 15) is 0 Å². The maximum absolute atomic E-state index is 6.12. The molecule has 1 heterocycles. The van der Waals surface area contributed by atoms with Gasteiger partial charge in [-0.2, -0.15) is 0 Å². The van der Waals surface area contributed by atoms with E-state index in [4.69, 9.17) is 10.3 Å². The Hall–Kier alpha value is -1.35. The van der Waals surface area contributed by atoms with E-state index < -0.39 is 0 Å². The van der Waals surface area contributed by atoms with Crippen molar-refractivity contribution in [3.63, 3.8) is 0 Å². The first-order valence-corrected chi connectivity index (χ1v) is 5.76. The predicted molar refractivity (Wildman–Crippen MR) is 63.3 cm³/mol. The van der Waals surface area contributed by atoms with Gasteiger partial charge in [-0.25, -0.2) is 0 Å². The first-order valence-electron chi connectivity index (χ1n) is 5.76. The van der Waals surface area contributed by atoms with Crippen LogP contribution in [0.25, 0.3) is 11.0 Å². The molecule has 0 saturated heterocycles. The van der Waals surface area contributed by atoms with Crippen LogP contribution in [0.15, 0.2) is 22.7 Å². The molecule has 1 atom stereocenters. The molecule has 0 radical (unpaired) electrons. The highest BCUT2D eigenvalue weighted by Gasteiger charge is 2.48. The minimum absolute atomic E-state index is 0.163. The third-order valence-electron chi connectivity index (χ3n) is 3.87. The van der Waals surface area contributed by atoms with Gasteiger partial charge in [0.2, 0.25) is 0 Å². The normalized spacial score (nSPS) is 19.9. The Balaban J connectivity index is 2.28. The molecule has 1 fully saturated rings. The van der Waals surface area contributed by atoms with Gasteiger partial charge in [-0.15, -0.1) is 0 Å². The molecule has 2 aromatic rings. The number of fused-ring (bicyclic) bond motifs is 1. The van der Waals surface area contributed by atoms with Gasteiger partial charge >= 0.3 is 0 Å². The first-order chi connectivity index (χ1) is 7.65. The fourth-order valence-electron chi connectivity index (χ4n) is 2.66. The largest absolute Gasteiger partial charge is 0.356 e. The third kappa shape index (κ3) is 1.15. The van der Waals surface area contributed by atoms with Crippen molar-refractivity contribution in [3.8, 4) is 0 Å². The lowest BCUT2D eigenvalue weighted by Crippen LogP contribution is -2.31. The van der Waals surface area contributed by atoms with Crippen molar-refractivity contribution < 1.29 is 4.52 Å². The fraction of sp³-hybridized carbons (Fsp3) is 0.462. The highest BCUT2D eigenvalue weighted by molar-refractivity contribution is 5.84. The second-order valence-corrected chi connectivity index (χ2v) is 4.89. The molecule has 16 heavy (non-hydrogen) atoms. The van der Waals surface area contributed by atoms with Crippen molar-refractivity contribution in [3.05, 3.63) is 29.5 Å². The maximum atomic E-state index is 6.12. The number of rotatable bonds is 2. The van der Waals surface area contributed by atoms with Crippen molar-refractivity contribution in [2.45, 2.75) is 38.1 Å². The van der Waals surface area contributed by atoms with Gasteiger partial charge in [0, 0.05) is 16.8 Å². The molecule has 1 aromatic heterocycles. The second-order valence-electron chi connectivity index (χ2n) is 4.89. The summed E-state index contributed by atoms with van der Waals surface area (Å²) in [6.07, 6.45) is 2.35. The topological polar surface area (TPSA) is 52.0 Å². The lowest BCUT2D eigenvalue weighted by Gasteiger charge is -2.20. The van der Waals surface area contributed by atoms with E-state index in [0.29, 0.717) is 0 Å². The van der Waals surface area contributed by atoms with Crippen molar-refractivity contribution in [2.75, 3.05) is 0 Å². The minimum atomic E-state index is 0.163. The molecule has 84 valence electrons. The van der Waals surface area contributed by atoms with Crippen LogP contribution in [0.5, 0.6) is 0 Å². The highest BCUT2D eigenvalue weighted by atomic mass is 16.5. The average molecular weight is 216 g/mol. The summed E-state index contributed by atoms with van der Waals surface area (Å²) in [7, 11) is 0. The molecule has 1 aliphatic carbocycles. The van der Waals surface area contributed by atoms with Crippen LogP contribution in [-0.2, 0) is 5.41 Å². The van der Waals surface area contributed by atoms with E-state index >= 15 is 0 Å². The molecule has 0 aliphatic heterocycles. The second kappa shape index (κ2) is 3.08. The minimum Gasteiger partial charge on any atom is -0.356 e. The van der Waals surface area contributed by atoms with Crippen molar-refractivity contribution >= 4 is 11.0 Å². The van der Waals surface area contributed by atoms with E-state index in [1.807, 2.05) is 19.1 Å². The monoisotopic (exact) mass is 216 g/mol. The summed E-state index contributed by atoms with van der Waals surface area (Å²) in [6, 6.07) is 6.36. The van der Waals surface area contributed by atoms with Crippen LogP contribution < -0.4 is 5.73 Å². The fourth-order valence-corrected chi connectivity index (χ4v) is 2.66. The lowest BCUT2D eigenvalue weighted by atomic mass is 9.87. The van der Waals surface area contributed by atoms with E-state index in [1.165, 1.54) is 18.4 Å². The van der Waals surface area contributed by atoms with Crippen LogP contribution >= 0.6 is 0 Å². The quantitative estimate of drug-likeness (QED) is 0.839. The number of nitrogens with two attached hydrogens (primary N) is 1. The van der Waals surface area contributed by atoms with Crippen molar-refractivity contribution in [2.24, 2.45) is 5.73 Å². The standard InChI is InChI=1S/C13H16N2O/c1-8-12-10(13(6-7-13)9(2)14)4-3-5-11(12)16-15-8/h3-5,9H,6-7,14H2,1-2H3. The van der Waals surface area contributed by atoms with Gasteiger partial charge in [-0.05, 0) is 38.3 Å². The molecule has 1 unspecified atom stereocenters. The van der Waals surface area contributed by atoms with Gasteiger partial charge in [0.15, 0.2) is 5.58 Å². The SMILES string of the molecule is Cc1noc2cccc(C3(C(C)N)CC3)c12. The summed E-state index contributed by atoms with van der Waals surface area (Å²) in [5, 5.41) is 5.21. The van der Waals surface area contributed by atoms with E-state index in [0.717, 1.165) is 16.7 Å². The number of hydrogen-bond donors (Lipinski definition) is 1. The maximum Gasteiger partial charge on any atom is 0.167 e. The van der Waals surface area contributed by atoms with Gasteiger partial charge in [0.25, 0.3) is 0 Å². The Morgan fingerprint density at radius 3 is 2.81 bits per heavy atom. The van der Waals surface area contributed by atoms with E-state index in [1.54, 1.807) is 0 Å². The Kier molecular flexibility index (Phi) is 1.89. The van der Waals surface area contributed by atoms with Crippen LogP contribution in [0.4, 0.5) is 0 Å². The van der Waals surface area contributed by atoms with Crippen LogP contribution in [0, 0.1) is 6.92 Å². The smallest absolute Gasteiger partial charge is 0.167 e. The molecule has 0 bridgehead atoms. The highest BCUT2D eigenvalue weighted by Crippen LogP contribution is 2.52. The Labute approximate surface area is 94.6 Å². The molecule has 0 spiro atoms. The van der Waals surface area contributed by atoms with Crippen LogP contribution in [0.3, 0.4) is 0 Å². The molecule has 3 heteroatoms. The predicted octanol–water partition coefficient (Wildman–Crippen LogP) is 2.52. The lowest BCUT2D eigenvalue weighted by molar-refractivity contribution is 0.450. The number of nitrogens with zero attached hydrogens (tertiary/aromatic N) is 1. The van der Waals surface area contributed by atoms with Gasteiger partial charge in [0.1, 0.15) is 0 Å². The van der Waals surface area contributed by atoms with Gasteiger partial charge < -0.3 is 10.3 Å². The first kappa shape index (κ1) is 9.85. The molecule has 2 N–H and O–H groups in total. The summed E-state index contributed by atoms with van der Waals surface area (Å²) in [5.41, 5.74) is 9.45. The van der Waals surface area contributed by atoms with Crippen LogP contribution in [0.1, 0.15) is 31.0 Å². The molecule has 1 saturated carbocycles. The summed E-state index contributed by atoms with van der Waals surface area (Å²) >= 11 is 0. The van der Waals surface area contributed by atoms with Crippen LogP contribution in [0.2, 0.25) is 0 Å². The number of benzene rings is 1. The van der Waals surface area contributed by atoms with Gasteiger partial charge in [-0.3, -0.25) is 0 Å². The zero-order valence-corrected chi connectivity index (χ0v) is 9.66. The molecule has 0 amide bonds. The summed E-state index contributed by atoms with van der Waals surface area (Å²) in [4.78, 5) is 0. The Bertz CT molecular complexity index is 538. The van der Waals surface area contributed by atoms with Gasteiger partial charge in [0.05, 0.1) is 5.69 Å². The molecular formula is C13H16N2O. The Morgan fingerprint density at radius 1 is 1.44 bits per heavy atom. The van der Waals surface area contributed by atoms with E-state index in [-0.39, 0.29) is 11.5 Å². The number of hydrogen-bond acceptors (Lipinski definition) is 3. The van der Waals surface area contributed by atoms with Gasteiger partial charge in [-0.1, -0.05) is 17.3 Å². The van der Waals surface area contributed by atoms with E-state index in [2.05, 4.69) is 18.1 Å². The summed E-state index contributed by atoms with van der Waals surface area (Å²) < 4.78 is 5.30. The number of aromatic nitrogens is 1. The molecule has 1 aromatic carbocycles. The Morgan fingerprint density at radius 2 is 2.19 bits per heavy atom. The third-order valence-corrected chi connectivity index (χ3v) is 3.87. The van der Waals surface area contributed by atoms with Crippen molar-refractivity contribution in [1.29, 1.82) is 0 Å². The average Bonchev–Trinajstić information content (AvgIpc) is 3.00. The summed E-state index contributed by atoms with van der Waals surface area (Å²) in [5.74, 6) is 0. The zero-order chi connectivity index (χ0) is 11.3. The molecule has 3 nitrogen and oxygen atoms in total. The zero-order valence-electron chi connectivity index (χ0n) is 9.66. The van der Waals surface area contributed by atoms with Crippen LogP contribution in [-0.4, -0.2) is 11.2 Å². The molecular weight excluding hydrogens is 200 g/mol. The van der Waals surface area contributed by atoms with Crippen molar-refractivity contribution in [1.82, 2.24) is 5.16 Å². The molecule has 1 aliphatic rings. The summed E-state index contributed by atoms with van der Waals surface area (Å²) in [6.45, 7) is 4.08. The molecule has 3 rings (SSSR count). The number of aryl methyl sites for hydroxylation is 1.